The zero-order chi connectivity index (χ0) is 11.4. The van der Waals surface area contributed by atoms with Crippen LogP contribution < -0.4 is 9.64 Å². The second-order valence-corrected chi connectivity index (χ2v) is 3.89. The maximum Gasteiger partial charge on any atom is 0.137 e. The van der Waals surface area contributed by atoms with Gasteiger partial charge in [-0.05, 0) is 25.0 Å². The molecule has 2 rings (SSSR count). The van der Waals surface area contributed by atoms with Gasteiger partial charge in [0.15, 0.2) is 0 Å². The van der Waals surface area contributed by atoms with E-state index in [1.165, 1.54) is 12.8 Å². The van der Waals surface area contributed by atoms with Gasteiger partial charge in [0, 0.05) is 12.6 Å². The second kappa shape index (κ2) is 4.84. The van der Waals surface area contributed by atoms with Crippen LogP contribution in [0, 0.1) is 11.3 Å². The molecule has 1 fully saturated rings. The lowest BCUT2D eigenvalue weighted by molar-refractivity contribution is 0.413. The zero-order valence-electron chi connectivity index (χ0n) is 9.39. The number of ether oxygens (including phenoxy) is 1. The summed E-state index contributed by atoms with van der Waals surface area (Å²) >= 11 is 0. The van der Waals surface area contributed by atoms with Crippen LogP contribution in [0.1, 0.15) is 19.3 Å². The SMILES string of the molecule is COc1ccc(N(CCC#N)C2CC2)nc1. The lowest BCUT2D eigenvalue weighted by Gasteiger charge is -2.22. The smallest absolute Gasteiger partial charge is 0.137 e. The molecule has 0 unspecified atom stereocenters. The molecule has 1 heterocycles. The molecule has 1 aromatic heterocycles. The summed E-state index contributed by atoms with van der Waals surface area (Å²) in [7, 11) is 1.63. The molecule has 1 aliphatic carbocycles. The Kier molecular flexibility index (Phi) is 3.25. The van der Waals surface area contributed by atoms with E-state index < -0.39 is 0 Å². The first-order valence-electron chi connectivity index (χ1n) is 5.49. The summed E-state index contributed by atoms with van der Waals surface area (Å²) in [6.07, 6.45) is 4.68. The van der Waals surface area contributed by atoms with Gasteiger partial charge >= 0.3 is 0 Å². The van der Waals surface area contributed by atoms with Crippen LogP contribution in [0.5, 0.6) is 5.75 Å². The fourth-order valence-corrected chi connectivity index (χ4v) is 1.70. The molecular weight excluding hydrogens is 202 g/mol. The lowest BCUT2D eigenvalue weighted by atomic mass is 10.3. The summed E-state index contributed by atoms with van der Waals surface area (Å²) in [5, 5.41) is 8.63. The number of anilines is 1. The molecule has 0 amide bonds. The summed E-state index contributed by atoms with van der Waals surface area (Å²) in [5.74, 6) is 1.71. The second-order valence-electron chi connectivity index (χ2n) is 3.89. The van der Waals surface area contributed by atoms with E-state index in [1.807, 2.05) is 12.1 Å². The third-order valence-corrected chi connectivity index (χ3v) is 2.70. The fourth-order valence-electron chi connectivity index (χ4n) is 1.70. The molecule has 0 radical (unpaired) electrons. The van der Waals surface area contributed by atoms with E-state index in [2.05, 4.69) is 16.0 Å². The highest BCUT2D eigenvalue weighted by Gasteiger charge is 2.29. The van der Waals surface area contributed by atoms with Gasteiger partial charge in [-0.15, -0.1) is 0 Å². The summed E-state index contributed by atoms with van der Waals surface area (Å²) < 4.78 is 5.07. The number of hydrogen-bond acceptors (Lipinski definition) is 4. The molecule has 4 heteroatoms. The Labute approximate surface area is 95.5 Å². The molecule has 0 aromatic carbocycles. The monoisotopic (exact) mass is 217 g/mol. The number of rotatable bonds is 5. The minimum Gasteiger partial charge on any atom is -0.495 e. The van der Waals surface area contributed by atoms with Crippen LogP contribution in [0.3, 0.4) is 0 Å². The molecule has 0 atom stereocenters. The van der Waals surface area contributed by atoms with Gasteiger partial charge in [0.05, 0.1) is 25.8 Å². The maximum absolute atomic E-state index is 8.63. The number of nitriles is 1. The number of aromatic nitrogens is 1. The number of nitrogens with zero attached hydrogens (tertiary/aromatic N) is 3. The molecule has 1 aliphatic rings. The maximum atomic E-state index is 8.63. The molecular formula is C12H15N3O. The largest absolute Gasteiger partial charge is 0.495 e. The molecule has 0 saturated heterocycles. The molecule has 84 valence electrons. The van der Waals surface area contributed by atoms with Crippen molar-refractivity contribution in [3.63, 3.8) is 0 Å². The predicted octanol–water partition coefficient (Wildman–Crippen LogP) is 1.97. The molecule has 0 bridgehead atoms. The quantitative estimate of drug-likeness (QED) is 0.756. The Morgan fingerprint density at radius 3 is 2.88 bits per heavy atom. The predicted molar refractivity (Wildman–Crippen MR) is 61.4 cm³/mol. The molecule has 0 N–H and O–H groups in total. The van der Waals surface area contributed by atoms with E-state index in [1.54, 1.807) is 13.3 Å². The van der Waals surface area contributed by atoms with Crippen LogP contribution >= 0.6 is 0 Å². The van der Waals surface area contributed by atoms with Crippen molar-refractivity contribution in [2.24, 2.45) is 0 Å². The van der Waals surface area contributed by atoms with E-state index in [4.69, 9.17) is 10.00 Å². The average molecular weight is 217 g/mol. The third kappa shape index (κ3) is 2.43. The van der Waals surface area contributed by atoms with Crippen LogP contribution in [-0.2, 0) is 0 Å². The molecule has 1 saturated carbocycles. The molecule has 1 aromatic rings. The van der Waals surface area contributed by atoms with Crippen molar-refractivity contribution in [2.75, 3.05) is 18.6 Å². The van der Waals surface area contributed by atoms with E-state index in [-0.39, 0.29) is 0 Å². The number of pyridine rings is 1. The Bertz CT molecular complexity index is 378. The Morgan fingerprint density at radius 2 is 2.38 bits per heavy atom. The van der Waals surface area contributed by atoms with Crippen LogP contribution in [0.15, 0.2) is 18.3 Å². The van der Waals surface area contributed by atoms with Crippen molar-refractivity contribution in [3.8, 4) is 11.8 Å². The Hall–Kier alpha value is -1.76. The van der Waals surface area contributed by atoms with E-state index in [0.717, 1.165) is 18.1 Å². The van der Waals surface area contributed by atoms with E-state index >= 15 is 0 Å². The topological polar surface area (TPSA) is 49.1 Å². The number of hydrogen-bond donors (Lipinski definition) is 0. The van der Waals surface area contributed by atoms with Gasteiger partial charge in [0.1, 0.15) is 11.6 Å². The van der Waals surface area contributed by atoms with Crippen LogP contribution in [0.25, 0.3) is 0 Å². The minimum absolute atomic E-state index is 0.546. The molecule has 16 heavy (non-hydrogen) atoms. The molecule has 0 spiro atoms. The first-order chi connectivity index (χ1) is 7.85. The van der Waals surface area contributed by atoms with Crippen LogP contribution in [-0.4, -0.2) is 24.7 Å². The normalized spacial score (nSPS) is 14.2. The van der Waals surface area contributed by atoms with Crippen molar-refractivity contribution in [2.45, 2.75) is 25.3 Å². The van der Waals surface area contributed by atoms with Gasteiger partial charge in [0.25, 0.3) is 0 Å². The molecule has 4 nitrogen and oxygen atoms in total. The van der Waals surface area contributed by atoms with E-state index in [0.29, 0.717) is 12.5 Å². The summed E-state index contributed by atoms with van der Waals surface area (Å²) in [6, 6.07) is 6.62. The van der Waals surface area contributed by atoms with Crippen molar-refractivity contribution < 1.29 is 4.74 Å². The first kappa shape index (κ1) is 10.7. The van der Waals surface area contributed by atoms with Gasteiger partial charge in [-0.3, -0.25) is 0 Å². The third-order valence-electron chi connectivity index (χ3n) is 2.70. The highest BCUT2D eigenvalue weighted by molar-refractivity contribution is 5.43. The standard InChI is InChI=1S/C12H15N3O/c1-16-11-5-6-12(14-9-11)15(8-2-7-13)10-3-4-10/h5-6,9-10H,2-4,8H2,1H3. The van der Waals surface area contributed by atoms with E-state index in [9.17, 15) is 0 Å². The van der Waals surface area contributed by atoms with Gasteiger partial charge in [-0.25, -0.2) is 4.98 Å². The zero-order valence-corrected chi connectivity index (χ0v) is 9.39. The lowest BCUT2D eigenvalue weighted by Crippen LogP contribution is -2.27. The van der Waals surface area contributed by atoms with Crippen molar-refractivity contribution in [1.29, 1.82) is 5.26 Å². The highest BCUT2D eigenvalue weighted by Crippen LogP contribution is 2.31. The van der Waals surface area contributed by atoms with Gasteiger partial charge in [-0.1, -0.05) is 0 Å². The Balaban J connectivity index is 2.08. The fraction of sp³-hybridized carbons (Fsp3) is 0.500. The summed E-state index contributed by atoms with van der Waals surface area (Å²) in [6.45, 7) is 0.764. The van der Waals surface area contributed by atoms with Crippen molar-refractivity contribution in [3.05, 3.63) is 18.3 Å². The van der Waals surface area contributed by atoms with Gasteiger partial charge in [0.2, 0.25) is 0 Å². The minimum atomic E-state index is 0.546. The van der Waals surface area contributed by atoms with Crippen molar-refractivity contribution >= 4 is 5.82 Å². The van der Waals surface area contributed by atoms with Crippen molar-refractivity contribution in [1.82, 2.24) is 4.98 Å². The summed E-state index contributed by atoms with van der Waals surface area (Å²) in [5.41, 5.74) is 0. The van der Waals surface area contributed by atoms with Crippen LogP contribution in [0.2, 0.25) is 0 Å². The van der Waals surface area contributed by atoms with Gasteiger partial charge < -0.3 is 9.64 Å². The number of methoxy groups -OCH3 is 1. The first-order valence-corrected chi connectivity index (χ1v) is 5.49. The van der Waals surface area contributed by atoms with Crippen LogP contribution in [0.4, 0.5) is 5.82 Å². The molecule has 0 aliphatic heterocycles. The average Bonchev–Trinajstić information content (AvgIpc) is 3.15. The Morgan fingerprint density at radius 1 is 1.56 bits per heavy atom. The summed E-state index contributed by atoms with van der Waals surface area (Å²) in [4.78, 5) is 6.57. The highest BCUT2D eigenvalue weighted by atomic mass is 16.5. The van der Waals surface area contributed by atoms with Gasteiger partial charge in [-0.2, -0.15) is 5.26 Å².